The molecule has 2 heteroatoms. The predicted molar refractivity (Wildman–Crippen MR) is 78.6 cm³/mol. The summed E-state index contributed by atoms with van der Waals surface area (Å²) in [6, 6.07) is 7.12. The van der Waals surface area contributed by atoms with Crippen LogP contribution in [-0.2, 0) is 0 Å². The third kappa shape index (κ3) is 4.61. The molecule has 3 unspecified atom stereocenters. The summed E-state index contributed by atoms with van der Waals surface area (Å²) in [6.07, 6.45) is 6.88. The average Bonchev–Trinajstić information content (AvgIpc) is 2.39. The average molecular weight is 263 g/mol. The Labute approximate surface area is 116 Å². The minimum absolute atomic E-state index is 0.160. The van der Waals surface area contributed by atoms with Crippen molar-refractivity contribution in [1.82, 2.24) is 5.32 Å². The van der Waals surface area contributed by atoms with E-state index in [1.165, 1.54) is 49.8 Å². The van der Waals surface area contributed by atoms with Gasteiger partial charge in [-0.15, -0.1) is 0 Å². The molecule has 3 atom stereocenters. The van der Waals surface area contributed by atoms with Crippen molar-refractivity contribution in [2.75, 3.05) is 6.54 Å². The van der Waals surface area contributed by atoms with Crippen molar-refractivity contribution >= 4 is 0 Å². The zero-order valence-corrected chi connectivity index (χ0v) is 12.2. The van der Waals surface area contributed by atoms with Crippen LogP contribution >= 0.6 is 0 Å². The highest BCUT2D eigenvalue weighted by atomic mass is 19.1. The van der Waals surface area contributed by atoms with Crippen molar-refractivity contribution < 1.29 is 4.39 Å². The van der Waals surface area contributed by atoms with Crippen LogP contribution in [0.15, 0.2) is 24.3 Å². The Morgan fingerprint density at radius 3 is 2.68 bits per heavy atom. The van der Waals surface area contributed by atoms with Gasteiger partial charge in [-0.1, -0.05) is 38.3 Å². The van der Waals surface area contributed by atoms with Crippen molar-refractivity contribution in [1.29, 1.82) is 0 Å². The normalized spacial score (nSPS) is 25.2. The Hall–Kier alpha value is -0.890. The molecule has 1 aliphatic rings. The van der Waals surface area contributed by atoms with E-state index in [1.807, 2.05) is 12.1 Å². The highest BCUT2D eigenvalue weighted by Crippen LogP contribution is 2.30. The van der Waals surface area contributed by atoms with Gasteiger partial charge in [0.2, 0.25) is 0 Å². The molecule has 0 amide bonds. The fourth-order valence-corrected chi connectivity index (χ4v) is 3.20. The number of nitrogens with one attached hydrogen (secondary N) is 1. The van der Waals surface area contributed by atoms with Gasteiger partial charge in [0, 0.05) is 6.04 Å². The van der Waals surface area contributed by atoms with Crippen LogP contribution in [0.5, 0.6) is 0 Å². The van der Waals surface area contributed by atoms with Gasteiger partial charge in [-0.05, 0) is 55.8 Å². The van der Waals surface area contributed by atoms with Crippen molar-refractivity contribution in [3.05, 3.63) is 35.6 Å². The van der Waals surface area contributed by atoms with Gasteiger partial charge < -0.3 is 5.32 Å². The van der Waals surface area contributed by atoms with E-state index in [4.69, 9.17) is 0 Å². The number of hydrogen-bond acceptors (Lipinski definition) is 1. The third-order valence-corrected chi connectivity index (χ3v) is 4.42. The molecule has 0 heterocycles. The summed E-state index contributed by atoms with van der Waals surface area (Å²) >= 11 is 0. The number of benzene rings is 1. The van der Waals surface area contributed by atoms with Crippen molar-refractivity contribution in [2.24, 2.45) is 11.8 Å². The molecule has 0 saturated heterocycles. The Balaban J connectivity index is 1.71. The van der Waals surface area contributed by atoms with E-state index in [9.17, 15) is 4.39 Å². The van der Waals surface area contributed by atoms with Gasteiger partial charge in [0.05, 0.1) is 0 Å². The SMILES string of the molecule is CC1CCCC(CCNC(C)c2ccc(F)cc2)C1. The molecule has 0 spiro atoms. The summed E-state index contributed by atoms with van der Waals surface area (Å²) in [7, 11) is 0. The van der Waals surface area contributed by atoms with Crippen LogP contribution in [0.4, 0.5) is 4.39 Å². The van der Waals surface area contributed by atoms with Gasteiger partial charge in [0.1, 0.15) is 5.82 Å². The maximum absolute atomic E-state index is 12.9. The van der Waals surface area contributed by atoms with E-state index in [0.29, 0.717) is 6.04 Å². The minimum Gasteiger partial charge on any atom is -0.310 e. The molecule has 1 fully saturated rings. The van der Waals surface area contributed by atoms with Crippen molar-refractivity contribution in [3.63, 3.8) is 0 Å². The second-order valence-corrected chi connectivity index (χ2v) is 6.15. The molecule has 1 aromatic rings. The summed E-state index contributed by atoms with van der Waals surface area (Å²) in [4.78, 5) is 0. The molecule has 0 aromatic heterocycles. The Morgan fingerprint density at radius 2 is 2.00 bits per heavy atom. The summed E-state index contributed by atoms with van der Waals surface area (Å²) < 4.78 is 12.9. The van der Waals surface area contributed by atoms with Crippen LogP contribution in [0.2, 0.25) is 0 Å². The Morgan fingerprint density at radius 1 is 1.26 bits per heavy atom. The van der Waals surface area contributed by atoms with Gasteiger partial charge in [0.25, 0.3) is 0 Å². The molecule has 0 radical (unpaired) electrons. The number of hydrogen-bond donors (Lipinski definition) is 1. The maximum atomic E-state index is 12.9. The molecule has 1 nitrogen and oxygen atoms in total. The number of rotatable bonds is 5. The summed E-state index contributed by atoms with van der Waals surface area (Å²) in [5, 5.41) is 3.56. The first-order valence-corrected chi connectivity index (χ1v) is 7.64. The van der Waals surface area contributed by atoms with E-state index < -0.39 is 0 Å². The largest absolute Gasteiger partial charge is 0.310 e. The first kappa shape index (κ1) is 14.5. The lowest BCUT2D eigenvalue weighted by Gasteiger charge is -2.27. The van der Waals surface area contributed by atoms with Crippen molar-refractivity contribution in [3.8, 4) is 0 Å². The maximum Gasteiger partial charge on any atom is 0.123 e. The molecule has 2 rings (SSSR count). The molecule has 106 valence electrons. The van der Waals surface area contributed by atoms with Crippen LogP contribution in [0.25, 0.3) is 0 Å². The van der Waals surface area contributed by atoms with Crippen LogP contribution < -0.4 is 5.32 Å². The monoisotopic (exact) mass is 263 g/mol. The van der Waals surface area contributed by atoms with Crippen LogP contribution in [0.1, 0.15) is 57.6 Å². The fourth-order valence-electron chi connectivity index (χ4n) is 3.20. The van der Waals surface area contributed by atoms with E-state index in [2.05, 4.69) is 19.2 Å². The van der Waals surface area contributed by atoms with E-state index in [-0.39, 0.29) is 5.82 Å². The molecule has 1 N–H and O–H groups in total. The molecule has 1 aliphatic carbocycles. The van der Waals surface area contributed by atoms with Gasteiger partial charge >= 0.3 is 0 Å². The van der Waals surface area contributed by atoms with Gasteiger partial charge in [-0.25, -0.2) is 4.39 Å². The zero-order chi connectivity index (χ0) is 13.7. The smallest absolute Gasteiger partial charge is 0.123 e. The van der Waals surface area contributed by atoms with Gasteiger partial charge in [-0.2, -0.15) is 0 Å². The van der Waals surface area contributed by atoms with Gasteiger partial charge in [-0.3, -0.25) is 0 Å². The van der Waals surface area contributed by atoms with Crippen LogP contribution in [-0.4, -0.2) is 6.54 Å². The Bertz CT molecular complexity index is 373. The molecule has 0 bridgehead atoms. The second-order valence-electron chi connectivity index (χ2n) is 6.15. The van der Waals surface area contributed by atoms with Crippen LogP contribution in [0, 0.1) is 17.7 Å². The lowest BCUT2D eigenvalue weighted by Crippen LogP contribution is -2.23. The highest BCUT2D eigenvalue weighted by molar-refractivity contribution is 5.19. The fraction of sp³-hybridized carbons (Fsp3) is 0.647. The number of halogens is 1. The first-order valence-electron chi connectivity index (χ1n) is 7.64. The van der Waals surface area contributed by atoms with E-state index in [1.54, 1.807) is 0 Å². The third-order valence-electron chi connectivity index (χ3n) is 4.42. The summed E-state index contributed by atoms with van der Waals surface area (Å²) in [6.45, 7) is 5.59. The zero-order valence-electron chi connectivity index (χ0n) is 12.2. The molecule has 1 saturated carbocycles. The molecule has 0 aliphatic heterocycles. The summed E-state index contributed by atoms with van der Waals surface area (Å²) in [5.74, 6) is 1.65. The summed E-state index contributed by atoms with van der Waals surface area (Å²) in [5.41, 5.74) is 1.17. The highest BCUT2D eigenvalue weighted by Gasteiger charge is 2.18. The van der Waals surface area contributed by atoms with E-state index in [0.717, 1.165) is 18.4 Å². The first-order chi connectivity index (χ1) is 9.15. The standard InChI is InChI=1S/C17H26FN/c1-13-4-3-5-15(12-13)10-11-19-14(2)16-6-8-17(18)9-7-16/h6-9,13-15,19H,3-5,10-12H2,1-2H3. The second kappa shape index (κ2) is 7.04. The molecular formula is C17H26FN. The topological polar surface area (TPSA) is 12.0 Å². The van der Waals surface area contributed by atoms with Crippen LogP contribution in [0.3, 0.4) is 0 Å². The lowest BCUT2D eigenvalue weighted by molar-refractivity contribution is 0.265. The molecule has 1 aromatic carbocycles. The predicted octanol–water partition coefficient (Wildman–Crippen LogP) is 4.69. The molecule has 19 heavy (non-hydrogen) atoms. The van der Waals surface area contributed by atoms with Crippen molar-refractivity contribution in [2.45, 2.75) is 52.0 Å². The van der Waals surface area contributed by atoms with E-state index >= 15 is 0 Å². The minimum atomic E-state index is -0.160. The molecular weight excluding hydrogens is 237 g/mol. The quantitative estimate of drug-likeness (QED) is 0.812. The Kier molecular flexibility index (Phi) is 5.38. The van der Waals surface area contributed by atoms with Gasteiger partial charge in [0.15, 0.2) is 0 Å². The lowest BCUT2D eigenvalue weighted by atomic mass is 9.81.